The van der Waals surface area contributed by atoms with Crippen molar-refractivity contribution in [3.05, 3.63) is 41.7 Å². The third kappa shape index (κ3) is 6.50. The molecule has 6 heteroatoms. The van der Waals surface area contributed by atoms with Gasteiger partial charge in [-0.05, 0) is 57.4 Å². The fraction of sp³-hybridized carbons (Fsp3) is 0.500. The predicted octanol–water partition coefficient (Wildman–Crippen LogP) is 3.79. The minimum atomic E-state index is -0.566. The third-order valence-electron chi connectivity index (χ3n) is 4.19. The molecule has 1 aromatic rings. The smallest absolute Gasteiger partial charge is 0.407 e. The van der Waals surface area contributed by atoms with Crippen LogP contribution < -0.4 is 10.6 Å². The molecule has 0 unspecified atom stereocenters. The number of hydrogen-bond donors (Lipinski definition) is 2. The quantitative estimate of drug-likeness (QED) is 0.783. The van der Waals surface area contributed by atoms with Crippen LogP contribution in [-0.2, 0) is 9.53 Å². The van der Waals surface area contributed by atoms with Crippen molar-refractivity contribution in [2.24, 2.45) is 0 Å². The highest BCUT2D eigenvalue weighted by atomic mass is 19.1. The van der Waals surface area contributed by atoms with Gasteiger partial charge in [-0.15, -0.1) is 0 Å². The second kappa shape index (κ2) is 8.34. The summed E-state index contributed by atoms with van der Waals surface area (Å²) in [6, 6.07) is 6.03. The van der Waals surface area contributed by atoms with Crippen LogP contribution in [0.2, 0.25) is 0 Å². The molecule has 0 bridgehead atoms. The monoisotopic (exact) mass is 362 g/mol. The number of nitrogens with one attached hydrogen (secondary N) is 2. The Balaban J connectivity index is 1.94. The van der Waals surface area contributed by atoms with E-state index in [0.717, 1.165) is 25.7 Å². The van der Waals surface area contributed by atoms with Crippen LogP contribution in [0.3, 0.4) is 0 Å². The Labute approximate surface area is 154 Å². The Morgan fingerprint density at radius 1 is 1.27 bits per heavy atom. The molecule has 0 spiro atoms. The number of ether oxygens (including phenoxy) is 1. The number of hydrogen-bond acceptors (Lipinski definition) is 3. The lowest BCUT2D eigenvalue weighted by Gasteiger charge is -2.30. The molecule has 1 aliphatic carbocycles. The van der Waals surface area contributed by atoms with E-state index in [2.05, 4.69) is 10.6 Å². The Hall–Kier alpha value is -2.37. The lowest BCUT2D eigenvalue weighted by Crippen LogP contribution is -2.54. The summed E-state index contributed by atoms with van der Waals surface area (Å²) in [5, 5.41) is 5.76. The zero-order valence-electron chi connectivity index (χ0n) is 15.6. The van der Waals surface area contributed by atoms with Crippen LogP contribution in [0.25, 0.3) is 6.08 Å². The summed E-state index contributed by atoms with van der Waals surface area (Å²) in [5.74, 6) is -0.608. The highest BCUT2D eigenvalue weighted by Crippen LogP contribution is 2.29. The number of benzene rings is 1. The minimum Gasteiger partial charge on any atom is -0.444 e. The van der Waals surface area contributed by atoms with Gasteiger partial charge in [0.15, 0.2) is 0 Å². The molecule has 0 heterocycles. The molecule has 5 nitrogen and oxygen atoms in total. The Kier molecular flexibility index (Phi) is 6.40. The molecule has 142 valence electrons. The highest BCUT2D eigenvalue weighted by Gasteiger charge is 2.35. The van der Waals surface area contributed by atoms with Gasteiger partial charge in [-0.2, -0.15) is 0 Å². The van der Waals surface area contributed by atoms with E-state index >= 15 is 0 Å². The first-order chi connectivity index (χ1) is 12.2. The van der Waals surface area contributed by atoms with E-state index in [-0.39, 0.29) is 11.7 Å². The van der Waals surface area contributed by atoms with E-state index < -0.39 is 17.2 Å². The van der Waals surface area contributed by atoms with Crippen molar-refractivity contribution in [3.8, 4) is 0 Å². The van der Waals surface area contributed by atoms with Crippen LogP contribution >= 0.6 is 0 Å². The standard InChI is InChI=1S/C20H27FN2O3/c1-19(2,3)26-18(25)22-14-20(11-4-5-12-20)23-17(24)10-9-15-7-6-8-16(21)13-15/h6-10,13H,4-5,11-12,14H2,1-3H3,(H,22,25)(H,23,24)/b10-9+. The molecule has 2 N–H and O–H groups in total. The maximum atomic E-state index is 13.2. The van der Waals surface area contributed by atoms with Crippen molar-refractivity contribution in [1.82, 2.24) is 10.6 Å². The van der Waals surface area contributed by atoms with Gasteiger partial charge in [0.05, 0.1) is 5.54 Å². The van der Waals surface area contributed by atoms with Gasteiger partial charge in [0.25, 0.3) is 0 Å². The number of amides is 2. The fourth-order valence-electron chi connectivity index (χ4n) is 3.04. The van der Waals surface area contributed by atoms with Gasteiger partial charge in [0.1, 0.15) is 11.4 Å². The van der Waals surface area contributed by atoms with E-state index in [1.165, 1.54) is 18.2 Å². The zero-order chi connectivity index (χ0) is 19.2. The topological polar surface area (TPSA) is 67.4 Å². The fourth-order valence-corrected chi connectivity index (χ4v) is 3.04. The average molecular weight is 362 g/mol. The van der Waals surface area contributed by atoms with Crippen LogP contribution in [0.4, 0.5) is 9.18 Å². The predicted molar refractivity (Wildman–Crippen MR) is 99.0 cm³/mol. The lowest BCUT2D eigenvalue weighted by molar-refractivity contribution is -0.118. The average Bonchev–Trinajstić information content (AvgIpc) is 2.98. The van der Waals surface area contributed by atoms with E-state index in [1.807, 2.05) is 0 Å². The molecule has 0 aliphatic heterocycles. The Bertz CT molecular complexity index is 674. The molecule has 1 aromatic carbocycles. The van der Waals surface area contributed by atoms with Gasteiger partial charge < -0.3 is 15.4 Å². The molecule has 0 atom stereocenters. The molecule has 1 aliphatic rings. The van der Waals surface area contributed by atoms with Crippen molar-refractivity contribution in [3.63, 3.8) is 0 Å². The highest BCUT2D eigenvalue weighted by molar-refractivity contribution is 5.92. The van der Waals surface area contributed by atoms with Gasteiger partial charge in [-0.25, -0.2) is 9.18 Å². The number of carbonyl (C=O) groups is 2. The molecule has 1 saturated carbocycles. The zero-order valence-corrected chi connectivity index (χ0v) is 15.6. The Morgan fingerprint density at radius 3 is 2.58 bits per heavy atom. The van der Waals surface area contributed by atoms with Crippen LogP contribution in [0, 0.1) is 5.82 Å². The molecule has 1 fully saturated rings. The summed E-state index contributed by atoms with van der Waals surface area (Å²) >= 11 is 0. The van der Waals surface area contributed by atoms with Gasteiger partial charge in [-0.3, -0.25) is 4.79 Å². The SMILES string of the molecule is CC(C)(C)OC(=O)NCC1(NC(=O)/C=C/c2cccc(F)c2)CCCC1. The van der Waals surface area contributed by atoms with Crippen molar-refractivity contribution < 1.29 is 18.7 Å². The second-order valence-electron chi connectivity index (χ2n) is 7.72. The normalized spacial score (nSPS) is 16.5. The van der Waals surface area contributed by atoms with E-state index in [0.29, 0.717) is 12.1 Å². The molecule has 2 rings (SSSR count). The largest absolute Gasteiger partial charge is 0.444 e. The first kappa shape index (κ1) is 19.9. The van der Waals surface area contributed by atoms with Crippen molar-refractivity contribution in [2.45, 2.75) is 57.6 Å². The summed E-state index contributed by atoms with van der Waals surface area (Å²) in [6.45, 7) is 5.73. The minimum absolute atomic E-state index is 0.262. The summed E-state index contributed by atoms with van der Waals surface area (Å²) in [7, 11) is 0. The lowest BCUT2D eigenvalue weighted by atomic mass is 9.97. The van der Waals surface area contributed by atoms with Crippen LogP contribution in [0.15, 0.2) is 30.3 Å². The van der Waals surface area contributed by atoms with Gasteiger partial charge >= 0.3 is 6.09 Å². The Morgan fingerprint density at radius 2 is 1.96 bits per heavy atom. The van der Waals surface area contributed by atoms with Crippen LogP contribution in [0.1, 0.15) is 52.0 Å². The summed E-state index contributed by atoms with van der Waals surface area (Å²) in [5.41, 5.74) is -0.420. The van der Waals surface area contributed by atoms with Gasteiger partial charge in [-0.1, -0.05) is 25.0 Å². The molecule has 2 amide bonds. The van der Waals surface area contributed by atoms with Crippen LogP contribution in [0.5, 0.6) is 0 Å². The molecule has 0 saturated heterocycles. The van der Waals surface area contributed by atoms with Crippen LogP contribution in [-0.4, -0.2) is 29.7 Å². The first-order valence-electron chi connectivity index (χ1n) is 8.90. The molecule has 0 aromatic heterocycles. The maximum absolute atomic E-state index is 13.2. The number of rotatable bonds is 5. The summed E-state index contributed by atoms with van der Waals surface area (Å²) in [4.78, 5) is 24.2. The molecule has 26 heavy (non-hydrogen) atoms. The molecular formula is C20H27FN2O3. The van der Waals surface area contributed by atoms with Crippen molar-refractivity contribution in [2.75, 3.05) is 6.54 Å². The number of carbonyl (C=O) groups excluding carboxylic acids is 2. The van der Waals surface area contributed by atoms with E-state index in [9.17, 15) is 14.0 Å². The first-order valence-corrected chi connectivity index (χ1v) is 8.90. The molecule has 0 radical (unpaired) electrons. The second-order valence-corrected chi connectivity index (χ2v) is 7.72. The van der Waals surface area contributed by atoms with Crippen molar-refractivity contribution in [1.29, 1.82) is 0 Å². The number of halogens is 1. The summed E-state index contributed by atoms with van der Waals surface area (Å²) in [6.07, 6.45) is 6.04. The van der Waals surface area contributed by atoms with Gasteiger partial charge in [0.2, 0.25) is 5.91 Å². The van der Waals surface area contributed by atoms with E-state index in [1.54, 1.807) is 39.0 Å². The number of alkyl carbamates (subject to hydrolysis) is 1. The summed E-state index contributed by atoms with van der Waals surface area (Å²) < 4.78 is 18.4. The molecular weight excluding hydrogens is 335 g/mol. The van der Waals surface area contributed by atoms with Gasteiger partial charge in [0, 0.05) is 12.6 Å². The van der Waals surface area contributed by atoms with E-state index in [4.69, 9.17) is 4.74 Å². The maximum Gasteiger partial charge on any atom is 0.407 e. The van der Waals surface area contributed by atoms with Crippen molar-refractivity contribution >= 4 is 18.1 Å². The third-order valence-corrected chi connectivity index (χ3v) is 4.19.